The largest absolute Gasteiger partial charge is 0.496 e. The third-order valence-corrected chi connectivity index (χ3v) is 1.94. The maximum atomic E-state index is 13.1. The lowest BCUT2D eigenvalue weighted by Gasteiger charge is -2.07. The van der Waals surface area contributed by atoms with Gasteiger partial charge in [-0.25, -0.2) is 4.39 Å². The van der Waals surface area contributed by atoms with Crippen molar-refractivity contribution < 1.29 is 9.13 Å². The summed E-state index contributed by atoms with van der Waals surface area (Å²) < 4.78 is 18.1. The summed E-state index contributed by atoms with van der Waals surface area (Å²) in [7, 11) is 1.55. The van der Waals surface area contributed by atoms with Gasteiger partial charge in [-0.3, -0.25) is 0 Å². The van der Waals surface area contributed by atoms with Gasteiger partial charge in [-0.05, 0) is 30.5 Å². The van der Waals surface area contributed by atoms with Crippen molar-refractivity contribution in [3.05, 3.63) is 29.1 Å². The zero-order chi connectivity index (χ0) is 11.1. The van der Waals surface area contributed by atoms with E-state index in [2.05, 4.69) is 0 Å². The van der Waals surface area contributed by atoms with Crippen LogP contribution in [0.5, 0.6) is 5.75 Å². The van der Waals surface area contributed by atoms with E-state index in [0.29, 0.717) is 5.75 Å². The van der Waals surface area contributed by atoms with E-state index < -0.39 is 0 Å². The van der Waals surface area contributed by atoms with Crippen molar-refractivity contribution in [2.24, 2.45) is 0 Å². The lowest BCUT2D eigenvalue weighted by atomic mass is 10.1. The van der Waals surface area contributed by atoms with Gasteiger partial charge in [0.15, 0.2) is 0 Å². The molecule has 2 heteroatoms. The molecule has 0 saturated carbocycles. The molecule has 0 bridgehead atoms. The fourth-order valence-corrected chi connectivity index (χ4v) is 1.21. The summed E-state index contributed by atoms with van der Waals surface area (Å²) in [4.78, 5) is 0. The van der Waals surface area contributed by atoms with E-state index in [9.17, 15) is 4.39 Å². The first-order valence-electron chi connectivity index (χ1n) is 5.02. The Balaban J connectivity index is 0.000000791. The van der Waals surface area contributed by atoms with Gasteiger partial charge >= 0.3 is 0 Å². The van der Waals surface area contributed by atoms with Crippen LogP contribution in [0, 0.1) is 12.7 Å². The molecule has 14 heavy (non-hydrogen) atoms. The molecule has 0 unspecified atom stereocenters. The molecule has 0 spiro atoms. The van der Waals surface area contributed by atoms with Crippen molar-refractivity contribution in [2.45, 2.75) is 34.1 Å². The van der Waals surface area contributed by atoms with Crippen LogP contribution in [-0.4, -0.2) is 7.11 Å². The van der Waals surface area contributed by atoms with Gasteiger partial charge < -0.3 is 4.74 Å². The highest BCUT2D eigenvalue weighted by atomic mass is 19.1. The van der Waals surface area contributed by atoms with E-state index in [4.69, 9.17) is 4.74 Å². The number of benzene rings is 1. The van der Waals surface area contributed by atoms with Crippen LogP contribution in [0.1, 0.15) is 31.9 Å². The standard InChI is InChI=1S/C10H13FO.C2H6/c1-4-8-5-7(2)10(12-3)6-9(8)11;1-2/h5-6H,4H2,1-3H3;1-2H3. The van der Waals surface area contributed by atoms with Crippen molar-refractivity contribution >= 4 is 0 Å². The molecule has 0 aliphatic rings. The van der Waals surface area contributed by atoms with Crippen LogP contribution in [0.2, 0.25) is 0 Å². The molecule has 0 aliphatic heterocycles. The highest BCUT2D eigenvalue weighted by Crippen LogP contribution is 2.21. The molecule has 0 fully saturated rings. The normalized spacial score (nSPS) is 9.00. The van der Waals surface area contributed by atoms with Gasteiger partial charge in [-0.2, -0.15) is 0 Å². The highest BCUT2D eigenvalue weighted by molar-refractivity contribution is 5.37. The van der Waals surface area contributed by atoms with Crippen LogP contribution in [0.4, 0.5) is 4.39 Å². The lowest BCUT2D eigenvalue weighted by Crippen LogP contribution is -1.93. The van der Waals surface area contributed by atoms with Gasteiger partial charge in [0.05, 0.1) is 7.11 Å². The highest BCUT2D eigenvalue weighted by Gasteiger charge is 2.05. The van der Waals surface area contributed by atoms with Crippen LogP contribution >= 0.6 is 0 Å². The van der Waals surface area contributed by atoms with Gasteiger partial charge in [0.1, 0.15) is 11.6 Å². The first-order valence-corrected chi connectivity index (χ1v) is 5.02. The number of rotatable bonds is 2. The predicted octanol–water partition coefficient (Wildman–Crippen LogP) is 3.73. The van der Waals surface area contributed by atoms with E-state index in [0.717, 1.165) is 17.5 Å². The van der Waals surface area contributed by atoms with Gasteiger partial charge in [-0.1, -0.05) is 20.8 Å². The summed E-state index contributed by atoms with van der Waals surface area (Å²) in [5, 5.41) is 0. The Kier molecular flexibility index (Phi) is 5.93. The molecule has 1 aromatic carbocycles. The number of hydrogen-bond donors (Lipinski definition) is 0. The summed E-state index contributed by atoms with van der Waals surface area (Å²) in [6.45, 7) is 7.85. The molecule has 0 heterocycles. The maximum absolute atomic E-state index is 13.1. The molecule has 1 aromatic rings. The second-order valence-corrected chi connectivity index (χ2v) is 2.77. The van der Waals surface area contributed by atoms with Crippen LogP contribution in [0.25, 0.3) is 0 Å². The van der Waals surface area contributed by atoms with Gasteiger partial charge in [-0.15, -0.1) is 0 Å². The minimum atomic E-state index is -0.181. The van der Waals surface area contributed by atoms with Crippen LogP contribution in [0.15, 0.2) is 12.1 Å². The molecule has 80 valence electrons. The molecule has 0 amide bonds. The van der Waals surface area contributed by atoms with Crippen molar-refractivity contribution in [1.82, 2.24) is 0 Å². The minimum absolute atomic E-state index is 0.181. The van der Waals surface area contributed by atoms with Gasteiger partial charge in [0, 0.05) is 6.07 Å². The predicted molar refractivity (Wildman–Crippen MR) is 58.4 cm³/mol. The SMILES string of the molecule is CC.CCc1cc(C)c(OC)cc1F. The van der Waals surface area contributed by atoms with E-state index in [1.165, 1.54) is 6.07 Å². The first kappa shape index (κ1) is 12.9. The Morgan fingerprint density at radius 1 is 1.29 bits per heavy atom. The summed E-state index contributed by atoms with van der Waals surface area (Å²) >= 11 is 0. The number of ether oxygens (including phenoxy) is 1. The Bertz CT molecular complexity index is 252. The summed E-state index contributed by atoms with van der Waals surface area (Å²) in [5.41, 5.74) is 1.73. The zero-order valence-corrected chi connectivity index (χ0v) is 9.65. The molecule has 0 radical (unpaired) electrons. The molecular weight excluding hydrogens is 179 g/mol. The van der Waals surface area contributed by atoms with E-state index in [1.807, 2.05) is 33.8 Å². The molecule has 0 atom stereocenters. The van der Waals surface area contributed by atoms with Crippen molar-refractivity contribution in [3.63, 3.8) is 0 Å². The summed E-state index contributed by atoms with van der Waals surface area (Å²) in [6, 6.07) is 3.27. The van der Waals surface area contributed by atoms with Crippen LogP contribution in [-0.2, 0) is 6.42 Å². The average Bonchev–Trinajstić information content (AvgIpc) is 2.23. The molecule has 0 aliphatic carbocycles. The molecule has 1 rings (SSSR count). The van der Waals surface area contributed by atoms with Crippen molar-refractivity contribution in [1.29, 1.82) is 0 Å². The maximum Gasteiger partial charge on any atom is 0.130 e. The average molecular weight is 198 g/mol. The third kappa shape index (κ3) is 3.02. The number of hydrogen-bond acceptors (Lipinski definition) is 1. The van der Waals surface area contributed by atoms with Crippen LogP contribution < -0.4 is 4.74 Å². The second-order valence-electron chi connectivity index (χ2n) is 2.77. The zero-order valence-electron chi connectivity index (χ0n) is 9.65. The van der Waals surface area contributed by atoms with Crippen molar-refractivity contribution in [3.8, 4) is 5.75 Å². The quantitative estimate of drug-likeness (QED) is 0.703. The molecule has 0 saturated heterocycles. The minimum Gasteiger partial charge on any atom is -0.496 e. The fraction of sp³-hybridized carbons (Fsp3) is 0.500. The van der Waals surface area contributed by atoms with E-state index >= 15 is 0 Å². The second kappa shape index (κ2) is 6.41. The topological polar surface area (TPSA) is 9.23 Å². The summed E-state index contributed by atoms with van der Waals surface area (Å²) in [6.07, 6.45) is 0.719. The third-order valence-electron chi connectivity index (χ3n) is 1.94. The Morgan fingerprint density at radius 3 is 2.29 bits per heavy atom. The molecule has 1 nitrogen and oxygen atoms in total. The monoisotopic (exact) mass is 198 g/mol. The summed E-state index contributed by atoms with van der Waals surface area (Å²) in [5.74, 6) is 0.435. The van der Waals surface area contributed by atoms with Gasteiger partial charge in [0.2, 0.25) is 0 Å². The molecule has 0 aromatic heterocycles. The lowest BCUT2D eigenvalue weighted by molar-refractivity contribution is 0.407. The van der Waals surface area contributed by atoms with E-state index in [1.54, 1.807) is 7.11 Å². The van der Waals surface area contributed by atoms with E-state index in [-0.39, 0.29) is 5.82 Å². The van der Waals surface area contributed by atoms with Crippen molar-refractivity contribution in [2.75, 3.05) is 7.11 Å². The Hall–Kier alpha value is -1.05. The first-order chi connectivity index (χ1) is 6.69. The number of aryl methyl sites for hydroxylation is 2. The molecule has 0 N–H and O–H groups in total. The number of halogens is 1. The van der Waals surface area contributed by atoms with Crippen LogP contribution in [0.3, 0.4) is 0 Å². The molecular formula is C12H19FO. The van der Waals surface area contributed by atoms with Gasteiger partial charge in [0.25, 0.3) is 0 Å². The fourth-order valence-electron chi connectivity index (χ4n) is 1.21. The Labute approximate surface area is 85.9 Å². The smallest absolute Gasteiger partial charge is 0.130 e. The number of methoxy groups -OCH3 is 1. The Morgan fingerprint density at radius 2 is 1.86 bits per heavy atom.